The highest BCUT2D eigenvalue weighted by atomic mass is 16.2. The van der Waals surface area contributed by atoms with E-state index in [1.807, 2.05) is 41.3 Å². The van der Waals surface area contributed by atoms with Crippen LogP contribution in [0.25, 0.3) is 10.8 Å². The molecule has 28 heavy (non-hydrogen) atoms. The number of carbonyl (C=O) groups excluding carboxylic acids is 1. The van der Waals surface area contributed by atoms with Crippen LogP contribution < -0.4 is 10.9 Å². The first kappa shape index (κ1) is 17.1. The topological polar surface area (TPSA) is 67.2 Å². The lowest BCUT2D eigenvalue weighted by atomic mass is 9.89. The van der Waals surface area contributed by atoms with Crippen LogP contribution in [0.3, 0.4) is 0 Å². The highest BCUT2D eigenvalue weighted by molar-refractivity contribution is 6.05. The molecule has 142 valence electrons. The molecule has 2 aliphatic rings. The molecule has 0 unspecified atom stereocenters. The van der Waals surface area contributed by atoms with E-state index < -0.39 is 0 Å². The van der Waals surface area contributed by atoms with Gasteiger partial charge in [-0.2, -0.15) is 5.10 Å². The number of likely N-dealkylation sites (tertiary alicyclic amines) is 1. The highest BCUT2D eigenvalue weighted by Gasteiger charge is 2.47. The zero-order chi connectivity index (χ0) is 19.3. The van der Waals surface area contributed by atoms with Crippen LogP contribution in [0.1, 0.15) is 22.1 Å². The van der Waals surface area contributed by atoms with Crippen LogP contribution in [-0.4, -0.2) is 40.2 Å². The Hall–Kier alpha value is -2.99. The van der Waals surface area contributed by atoms with E-state index in [-0.39, 0.29) is 17.5 Å². The van der Waals surface area contributed by atoms with Gasteiger partial charge in [-0.25, -0.2) is 4.68 Å². The number of nitrogens with zero attached hydrogens (tertiary/aromatic N) is 3. The van der Waals surface area contributed by atoms with Gasteiger partial charge in [-0.1, -0.05) is 48.5 Å². The number of hydrogen-bond donors (Lipinski definition) is 1. The van der Waals surface area contributed by atoms with Crippen molar-refractivity contribution in [2.45, 2.75) is 6.04 Å². The van der Waals surface area contributed by atoms with E-state index in [1.165, 1.54) is 4.68 Å². The minimum Gasteiger partial charge on any atom is -0.330 e. The molecule has 2 fully saturated rings. The van der Waals surface area contributed by atoms with E-state index in [2.05, 4.69) is 22.5 Å². The maximum Gasteiger partial charge on any atom is 0.275 e. The first-order valence-electron chi connectivity index (χ1n) is 9.68. The van der Waals surface area contributed by atoms with Crippen molar-refractivity contribution in [1.29, 1.82) is 0 Å². The van der Waals surface area contributed by atoms with Crippen LogP contribution >= 0.6 is 0 Å². The second-order valence-electron chi connectivity index (χ2n) is 7.72. The zero-order valence-corrected chi connectivity index (χ0v) is 15.7. The number of aromatic nitrogens is 2. The van der Waals surface area contributed by atoms with Gasteiger partial charge in [0.05, 0.1) is 11.4 Å². The van der Waals surface area contributed by atoms with E-state index in [0.717, 1.165) is 18.7 Å². The van der Waals surface area contributed by atoms with Gasteiger partial charge in [0.2, 0.25) is 0 Å². The minimum atomic E-state index is -0.186. The van der Waals surface area contributed by atoms with Crippen LogP contribution in [0.5, 0.6) is 0 Å². The lowest BCUT2D eigenvalue weighted by Gasteiger charge is -2.28. The van der Waals surface area contributed by atoms with Crippen LogP contribution in [0.4, 0.5) is 0 Å². The third-order valence-corrected chi connectivity index (χ3v) is 6.13. The summed E-state index contributed by atoms with van der Waals surface area (Å²) in [6.07, 6.45) is 0. The summed E-state index contributed by atoms with van der Waals surface area (Å²) in [6.45, 7) is 2.55. The Balaban J connectivity index is 1.63. The first-order valence-corrected chi connectivity index (χ1v) is 9.68. The van der Waals surface area contributed by atoms with E-state index in [4.69, 9.17) is 0 Å². The molecule has 3 heterocycles. The minimum absolute atomic E-state index is 0.0199. The normalized spacial score (nSPS) is 23.9. The Morgan fingerprint density at radius 2 is 1.75 bits per heavy atom. The van der Waals surface area contributed by atoms with Crippen molar-refractivity contribution in [2.24, 2.45) is 18.9 Å². The molecular weight excluding hydrogens is 352 g/mol. The summed E-state index contributed by atoms with van der Waals surface area (Å²) >= 11 is 0. The fourth-order valence-corrected chi connectivity index (χ4v) is 4.80. The van der Waals surface area contributed by atoms with Crippen molar-refractivity contribution in [1.82, 2.24) is 20.0 Å². The third kappa shape index (κ3) is 2.56. The highest BCUT2D eigenvalue weighted by Crippen LogP contribution is 2.43. The molecule has 2 aromatic carbocycles. The molecule has 3 aromatic rings. The van der Waals surface area contributed by atoms with Crippen LogP contribution in [0.2, 0.25) is 0 Å². The summed E-state index contributed by atoms with van der Waals surface area (Å²) in [7, 11) is 1.60. The van der Waals surface area contributed by atoms with Crippen molar-refractivity contribution in [3.63, 3.8) is 0 Å². The average molecular weight is 374 g/mol. The molecule has 1 amide bonds. The fraction of sp³-hybridized carbons (Fsp3) is 0.318. The van der Waals surface area contributed by atoms with Gasteiger partial charge >= 0.3 is 0 Å². The molecule has 1 N–H and O–H groups in total. The Kier molecular flexibility index (Phi) is 4.02. The molecular formula is C22H22N4O2. The predicted molar refractivity (Wildman–Crippen MR) is 107 cm³/mol. The smallest absolute Gasteiger partial charge is 0.275 e. The van der Waals surface area contributed by atoms with Crippen molar-refractivity contribution in [3.05, 3.63) is 76.2 Å². The Labute approximate surface area is 162 Å². The molecule has 2 aliphatic heterocycles. The number of carbonyl (C=O) groups is 1. The van der Waals surface area contributed by atoms with Gasteiger partial charge < -0.3 is 10.2 Å². The number of amides is 1. The number of benzene rings is 2. The van der Waals surface area contributed by atoms with E-state index >= 15 is 0 Å². The Morgan fingerprint density at radius 3 is 2.54 bits per heavy atom. The van der Waals surface area contributed by atoms with E-state index in [1.54, 1.807) is 13.1 Å². The molecule has 2 saturated heterocycles. The molecule has 6 heteroatoms. The van der Waals surface area contributed by atoms with Crippen molar-refractivity contribution in [2.75, 3.05) is 19.6 Å². The molecule has 6 nitrogen and oxygen atoms in total. The van der Waals surface area contributed by atoms with Gasteiger partial charge in [-0.05, 0) is 17.5 Å². The fourth-order valence-electron chi connectivity index (χ4n) is 4.80. The average Bonchev–Trinajstić information content (AvgIpc) is 3.32. The summed E-state index contributed by atoms with van der Waals surface area (Å²) < 4.78 is 1.27. The van der Waals surface area contributed by atoms with E-state index in [9.17, 15) is 9.59 Å². The van der Waals surface area contributed by atoms with Crippen molar-refractivity contribution >= 4 is 16.7 Å². The van der Waals surface area contributed by atoms with Gasteiger partial charge in [0, 0.05) is 38.0 Å². The molecule has 0 saturated carbocycles. The van der Waals surface area contributed by atoms with Gasteiger partial charge in [0.15, 0.2) is 5.69 Å². The lowest BCUT2D eigenvalue weighted by Crippen LogP contribution is -2.36. The predicted octanol–water partition coefficient (Wildman–Crippen LogP) is 1.97. The number of aryl methyl sites for hydroxylation is 1. The molecule has 0 aliphatic carbocycles. The summed E-state index contributed by atoms with van der Waals surface area (Å²) in [5.74, 6) is 0.730. The summed E-state index contributed by atoms with van der Waals surface area (Å²) in [5.41, 5.74) is 1.32. The third-order valence-electron chi connectivity index (χ3n) is 6.13. The van der Waals surface area contributed by atoms with Gasteiger partial charge in [0.25, 0.3) is 11.5 Å². The maximum atomic E-state index is 13.7. The van der Waals surface area contributed by atoms with Crippen LogP contribution in [-0.2, 0) is 7.05 Å². The lowest BCUT2D eigenvalue weighted by molar-refractivity contribution is 0.0708. The van der Waals surface area contributed by atoms with Gasteiger partial charge in [-0.15, -0.1) is 0 Å². The Bertz CT molecular complexity index is 1110. The second-order valence-corrected chi connectivity index (χ2v) is 7.72. The van der Waals surface area contributed by atoms with Crippen LogP contribution in [0, 0.1) is 11.8 Å². The molecule has 0 spiro atoms. The SMILES string of the molecule is Cn1nc(C(=O)N2C[C@@H]3CNC[C@@H]3[C@H]2c2ccccc2)c2ccccc2c1=O. The largest absolute Gasteiger partial charge is 0.330 e. The molecule has 5 rings (SSSR count). The number of rotatable bonds is 2. The monoisotopic (exact) mass is 374 g/mol. The quantitative estimate of drug-likeness (QED) is 0.745. The van der Waals surface area contributed by atoms with Gasteiger partial charge in [0.1, 0.15) is 0 Å². The summed E-state index contributed by atoms with van der Waals surface area (Å²) in [5, 5.41) is 8.99. The second kappa shape index (κ2) is 6.56. The number of nitrogens with one attached hydrogen (secondary N) is 1. The van der Waals surface area contributed by atoms with Crippen molar-refractivity contribution in [3.8, 4) is 0 Å². The molecule has 1 aromatic heterocycles. The summed E-state index contributed by atoms with van der Waals surface area (Å²) in [4.78, 5) is 28.1. The Morgan fingerprint density at radius 1 is 1.04 bits per heavy atom. The molecule has 0 radical (unpaired) electrons. The number of hydrogen-bond acceptors (Lipinski definition) is 4. The zero-order valence-electron chi connectivity index (χ0n) is 15.7. The number of fused-ring (bicyclic) bond motifs is 2. The molecule has 3 atom stereocenters. The van der Waals surface area contributed by atoms with Gasteiger partial charge in [-0.3, -0.25) is 9.59 Å². The standard InChI is InChI=1S/C22H22N4O2/c1-25-21(27)17-10-6-5-9-16(17)19(24-25)22(28)26-13-15-11-23-12-18(15)20(26)14-7-3-2-4-8-14/h2-10,15,18,20,23H,11-13H2,1H3/t15-,18-,20+/m0/s1. The van der Waals surface area contributed by atoms with Crippen LogP contribution in [0.15, 0.2) is 59.4 Å². The van der Waals surface area contributed by atoms with E-state index in [0.29, 0.717) is 34.8 Å². The summed E-state index contributed by atoms with van der Waals surface area (Å²) in [6, 6.07) is 17.5. The first-order chi connectivity index (χ1) is 13.6. The maximum absolute atomic E-state index is 13.7. The molecule has 0 bridgehead atoms. The van der Waals surface area contributed by atoms with Crippen molar-refractivity contribution < 1.29 is 4.79 Å².